The molecule has 0 aromatic rings. The van der Waals surface area contributed by atoms with Crippen molar-refractivity contribution in [3.05, 3.63) is 0 Å². The van der Waals surface area contributed by atoms with Crippen molar-refractivity contribution < 1.29 is 16.8 Å². The summed E-state index contributed by atoms with van der Waals surface area (Å²) in [7, 11) is -7.21. The maximum Gasteiger partial charge on any atom is 0.228 e. The van der Waals surface area contributed by atoms with Gasteiger partial charge in [-0.15, -0.1) is 0 Å². The Morgan fingerprint density at radius 3 is 2.33 bits per heavy atom. The maximum atomic E-state index is 11.9. The summed E-state index contributed by atoms with van der Waals surface area (Å²) in [6, 6.07) is 0.305. The van der Waals surface area contributed by atoms with Gasteiger partial charge in [0, 0.05) is 25.4 Å². The third-order valence-corrected chi connectivity index (χ3v) is 7.11. The lowest BCUT2D eigenvalue weighted by molar-refractivity contribution is 0.223. The van der Waals surface area contributed by atoms with Crippen molar-refractivity contribution in [2.24, 2.45) is 5.92 Å². The summed E-state index contributed by atoms with van der Waals surface area (Å²) in [4.78, 5) is 0. The van der Waals surface area contributed by atoms with Gasteiger partial charge in [-0.2, -0.15) is 0 Å². The minimum atomic E-state index is -3.69. The lowest BCUT2D eigenvalue weighted by Crippen LogP contribution is -2.50. The van der Waals surface area contributed by atoms with Gasteiger partial charge >= 0.3 is 0 Å². The maximum absolute atomic E-state index is 11.9. The average Bonchev–Trinajstić information content (AvgIpc) is 2.17. The Morgan fingerprint density at radius 2 is 1.89 bits per heavy atom. The van der Waals surface area contributed by atoms with Gasteiger partial charge in [-0.1, -0.05) is 13.8 Å². The lowest BCUT2D eigenvalue weighted by atomic mass is 9.95. The lowest BCUT2D eigenvalue weighted by Gasteiger charge is -2.36. The first kappa shape index (κ1) is 15.9. The van der Waals surface area contributed by atoms with Crippen LogP contribution in [0.3, 0.4) is 0 Å². The molecule has 0 aromatic heterocycles. The normalized spacial score (nSPS) is 27.3. The Bertz CT molecular complexity index is 472. The molecule has 1 fully saturated rings. The molecule has 18 heavy (non-hydrogen) atoms. The Kier molecular flexibility index (Phi) is 5.16. The second-order valence-corrected chi connectivity index (χ2v) is 9.42. The molecule has 0 aliphatic carbocycles. The summed E-state index contributed by atoms with van der Waals surface area (Å²) < 4.78 is 47.4. The third kappa shape index (κ3) is 4.49. The van der Waals surface area contributed by atoms with Crippen LogP contribution in [0, 0.1) is 5.92 Å². The highest BCUT2D eigenvalue weighted by molar-refractivity contribution is 8.06. The fraction of sp³-hybridized carbons (Fsp3) is 1.00. The van der Waals surface area contributed by atoms with Gasteiger partial charge in [0.25, 0.3) is 0 Å². The highest BCUT2D eigenvalue weighted by Gasteiger charge is 2.33. The molecule has 108 valence electrons. The SMILES string of the molecule is CCNC1CCN(S(=O)(=O)CS(C)(=O)=O)CC1C. The molecule has 0 aromatic carbocycles. The number of hydrogen-bond acceptors (Lipinski definition) is 5. The fourth-order valence-electron chi connectivity index (χ4n) is 2.27. The van der Waals surface area contributed by atoms with E-state index in [1.54, 1.807) is 0 Å². The van der Waals surface area contributed by atoms with E-state index in [0.717, 1.165) is 19.2 Å². The van der Waals surface area contributed by atoms with E-state index in [0.29, 0.717) is 19.1 Å². The van der Waals surface area contributed by atoms with Crippen LogP contribution in [0.25, 0.3) is 0 Å². The van der Waals surface area contributed by atoms with Crippen LogP contribution in [0.15, 0.2) is 0 Å². The molecule has 0 saturated carbocycles. The standard InChI is InChI=1S/C10H22N2O4S2/c1-4-11-10-5-6-12(7-9(10)2)18(15,16)8-17(3,13)14/h9-11H,4-8H2,1-3H3. The zero-order valence-corrected chi connectivity index (χ0v) is 12.7. The van der Waals surface area contributed by atoms with Crippen molar-refractivity contribution >= 4 is 19.9 Å². The molecule has 2 atom stereocenters. The van der Waals surface area contributed by atoms with E-state index in [2.05, 4.69) is 5.32 Å². The summed E-state index contributed by atoms with van der Waals surface area (Å²) in [6.45, 7) is 5.62. The molecule has 0 spiro atoms. The van der Waals surface area contributed by atoms with Crippen LogP contribution in [0.1, 0.15) is 20.3 Å². The van der Waals surface area contributed by atoms with Crippen LogP contribution < -0.4 is 5.32 Å². The van der Waals surface area contributed by atoms with Gasteiger partial charge in [-0.05, 0) is 18.9 Å². The molecule has 8 heteroatoms. The monoisotopic (exact) mass is 298 g/mol. The molecule has 1 aliphatic rings. The Labute approximate surface area is 110 Å². The van der Waals surface area contributed by atoms with E-state index in [4.69, 9.17) is 0 Å². The molecule has 0 radical (unpaired) electrons. The summed E-state index contributed by atoms with van der Waals surface area (Å²) >= 11 is 0. The van der Waals surface area contributed by atoms with E-state index >= 15 is 0 Å². The van der Waals surface area contributed by atoms with E-state index < -0.39 is 24.9 Å². The van der Waals surface area contributed by atoms with Crippen LogP contribution >= 0.6 is 0 Å². The first-order valence-electron chi connectivity index (χ1n) is 6.04. The number of nitrogens with one attached hydrogen (secondary N) is 1. The van der Waals surface area contributed by atoms with Gasteiger partial charge in [-0.3, -0.25) is 0 Å². The average molecular weight is 298 g/mol. The van der Waals surface area contributed by atoms with E-state index in [9.17, 15) is 16.8 Å². The molecule has 6 nitrogen and oxygen atoms in total. The summed E-state index contributed by atoms with van der Waals surface area (Å²) in [6.07, 6.45) is 1.66. The Balaban J connectivity index is 2.71. The van der Waals surface area contributed by atoms with Gasteiger partial charge in [0.2, 0.25) is 10.0 Å². The van der Waals surface area contributed by atoms with Crippen LogP contribution in [0.4, 0.5) is 0 Å². The van der Waals surface area contributed by atoms with Crippen LogP contribution in [-0.4, -0.2) is 58.2 Å². The number of sulfonamides is 1. The van der Waals surface area contributed by atoms with Crippen molar-refractivity contribution in [2.75, 3.05) is 31.0 Å². The topological polar surface area (TPSA) is 83.6 Å². The number of hydrogen-bond donors (Lipinski definition) is 1. The summed E-state index contributed by atoms with van der Waals surface area (Å²) in [5, 5.41) is 2.52. The molecule has 1 N–H and O–H groups in total. The number of sulfone groups is 1. The second kappa shape index (κ2) is 5.85. The highest BCUT2D eigenvalue weighted by atomic mass is 32.3. The van der Waals surface area contributed by atoms with E-state index in [-0.39, 0.29) is 5.92 Å². The molecular weight excluding hydrogens is 276 g/mol. The zero-order valence-electron chi connectivity index (χ0n) is 11.1. The van der Waals surface area contributed by atoms with Crippen LogP contribution in [0.2, 0.25) is 0 Å². The van der Waals surface area contributed by atoms with Gasteiger partial charge in [0.1, 0.15) is 0 Å². The molecule has 1 rings (SSSR count). The molecular formula is C10H22N2O4S2. The fourth-order valence-corrected chi connectivity index (χ4v) is 5.88. The molecule has 1 saturated heterocycles. The molecule has 0 bridgehead atoms. The largest absolute Gasteiger partial charge is 0.314 e. The van der Waals surface area contributed by atoms with Crippen molar-refractivity contribution in [3.8, 4) is 0 Å². The van der Waals surface area contributed by atoms with Crippen LogP contribution in [0.5, 0.6) is 0 Å². The minimum absolute atomic E-state index is 0.188. The zero-order chi connectivity index (χ0) is 14.0. The summed E-state index contributed by atoms with van der Waals surface area (Å²) in [5.41, 5.74) is 0. The van der Waals surface area contributed by atoms with Gasteiger partial charge in [0.05, 0.1) is 0 Å². The molecule has 2 unspecified atom stereocenters. The molecule has 1 aliphatic heterocycles. The Hall–Kier alpha value is -0.180. The second-order valence-electron chi connectivity index (χ2n) is 4.94. The van der Waals surface area contributed by atoms with E-state index in [1.807, 2.05) is 13.8 Å². The predicted molar refractivity (Wildman–Crippen MR) is 71.4 cm³/mol. The summed E-state index contributed by atoms with van der Waals surface area (Å²) in [5.74, 6) is 0.188. The number of rotatable bonds is 5. The van der Waals surface area contributed by atoms with Gasteiger partial charge < -0.3 is 5.32 Å². The smallest absolute Gasteiger partial charge is 0.228 e. The van der Waals surface area contributed by atoms with Gasteiger partial charge in [-0.25, -0.2) is 21.1 Å². The first-order chi connectivity index (χ1) is 8.15. The quantitative estimate of drug-likeness (QED) is 0.749. The van der Waals surface area contributed by atoms with Crippen molar-refractivity contribution in [1.29, 1.82) is 0 Å². The van der Waals surface area contributed by atoms with Crippen molar-refractivity contribution in [2.45, 2.75) is 26.3 Å². The first-order valence-corrected chi connectivity index (χ1v) is 9.71. The third-order valence-electron chi connectivity index (χ3n) is 3.09. The van der Waals surface area contributed by atoms with Crippen molar-refractivity contribution in [3.63, 3.8) is 0 Å². The van der Waals surface area contributed by atoms with Crippen LogP contribution in [-0.2, 0) is 19.9 Å². The number of piperidine rings is 1. The Morgan fingerprint density at radius 1 is 1.28 bits per heavy atom. The van der Waals surface area contributed by atoms with E-state index in [1.165, 1.54) is 4.31 Å². The molecule has 1 heterocycles. The molecule has 0 amide bonds. The number of nitrogens with zero attached hydrogens (tertiary/aromatic N) is 1. The predicted octanol–water partition coefficient (Wildman–Crippen LogP) is -0.362. The van der Waals surface area contributed by atoms with Crippen molar-refractivity contribution in [1.82, 2.24) is 9.62 Å². The minimum Gasteiger partial charge on any atom is -0.314 e. The highest BCUT2D eigenvalue weighted by Crippen LogP contribution is 2.20. The van der Waals surface area contributed by atoms with Gasteiger partial charge in [0.15, 0.2) is 14.9 Å².